The maximum absolute atomic E-state index is 12.0. The predicted molar refractivity (Wildman–Crippen MR) is 64.5 cm³/mol. The van der Waals surface area contributed by atoms with Gasteiger partial charge in [-0.3, -0.25) is 4.79 Å². The number of hydrogen-bond acceptors (Lipinski definition) is 2. The number of benzene rings is 1. The van der Waals surface area contributed by atoms with Crippen LogP contribution in [0, 0.1) is 12.8 Å². The van der Waals surface area contributed by atoms with Gasteiger partial charge >= 0.3 is 0 Å². The van der Waals surface area contributed by atoms with Crippen molar-refractivity contribution >= 4 is 5.91 Å². The zero-order chi connectivity index (χ0) is 11.5. The second-order valence-electron chi connectivity index (χ2n) is 4.50. The van der Waals surface area contributed by atoms with Gasteiger partial charge in [0.05, 0.1) is 0 Å². The van der Waals surface area contributed by atoms with Crippen LogP contribution in [-0.2, 0) is 0 Å². The van der Waals surface area contributed by atoms with Crippen LogP contribution in [0.2, 0.25) is 0 Å². The molecule has 1 amide bonds. The Labute approximate surface area is 96.5 Å². The van der Waals surface area contributed by atoms with Crippen LogP contribution in [0.3, 0.4) is 0 Å². The van der Waals surface area contributed by atoms with Gasteiger partial charge in [0.25, 0.3) is 5.91 Å². The molecule has 1 saturated heterocycles. The lowest BCUT2D eigenvalue weighted by Gasteiger charge is -2.39. The number of likely N-dealkylation sites (tertiary alicyclic amines) is 1. The van der Waals surface area contributed by atoms with Crippen LogP contribution in [0.25, 0.3) is 0 Å². The minimum Gasteiger partial charge on any atom is -0.338 e. The molecule has 1 aromatic carbocycles. The number of carbonyl (C=O) groups excluding carboxylic acids is 1. The first-order chi connectivity index (χ1) is 7.70. The SMILES string of the molecule is CNCC1CN(C(=O)c2cccc(C)c2)C1. The first kappa shape index (κ1) is 11.1. The first-order valence-corrected chi connectivity index (χ1v) is 5.71. The lowest BCUT2D eigenvalue weighted by atomic mass is 9.98. The van der Waals surface area contributed by atoms with Crippen LogP contribution in [0.15, 0.2) is 24.3 Å². The Kier molecular flexibility index (Phi) is 3.25. The van der Waals surface area contributed by atoms with Crippen molar-refractivity contribution in [3.63, 3.8) is 0 Å². The van der Waals surface area contributed by atoms with E-state index in [9.17, 15) is 4.79 Å². The molecule has 1 aliphatic heterocycles. The molecule has 16 heavy (non-hydrogen) atoms. The molecule has 0 aromatic heterocycles. The van der Waals surface area contributed by atoms with Crippen molar-refractivity contribution in [2.45, 2.75) is 6.92 Å². The molecule has 3 heteroatoms. The molecule has 1 N–H and O–H groups in total. The molecule has 0 aliphatic carbocycles. The molecule has 0 atom stereocenters. The maximum Gasteiger partial charge on any atom is 0.253 e. The van der Waals surface area contributed by atoms with E-state index in [4.69, 9.17) is 0 Å². The Balaban J connectivity index is 1.95. The molecule has 0 radical (unpaired) electrons. The van der Waals surface area contributed by atoms with Gasteiger partial charge in [-0.25, -0.2) is 0 Å². The molecular weight excluding hydrogens is 200 g/mol. The molecule has 0 unspecified atom stereocenters. The van der Waals surface area contributed by atoms with Crippen molar-refractivity contribution in [1.82, 2.24) is 10.2 Å². The van der Waals surface area contributed by atoms with Gasteiger partial charge in [-0.2, -0.15) is 0 Å². The van der Waals surface area contributed by atoms with Gasteiger partial charge in [0, 0.05) is 31.1 Å². The first-order valence-electron chi connectivity index (χ1n) is 5.71. The maximum atomic E-state index is 12.0. The fourth-order valence-electron chi connectivity index (χ4n) is 2.11. The van der Waals surface area contributed by atoms with Gasteiger partial charge in [0.2, 0.25) is 0 Å². The molecule has 1 aromatic rings. The van der Waals surface area contributed by atoms with Gasteiger partial charge in [0.1, 0.15) is 0 Å². The summed E-state index contributed by atoms with van der Waals surface area (Å²) in [5.41, 5.74) is 1.95. The minimum absolute atomic E-state index is 0.163. The van der Waals surface area contributed by atoms with Crippen molar-refractivity contribution in [2.75, 3.05) is 26.7 Å². The molecular formula is C13H18N2O. The minimum atomic E-state index is 0.163. The van der Waals surface area contributed by atoms with E-state index in [-0.39, 0.29) is 5.91 Å². The zero-order valence-electron chi connectivity index (χ0n) is 9.86. The molecule has 0 spiro atoms. The standard InChI is InChI=1S/C13H18N2O/c1-10-4-3-5-12(6-10)13(16)15-8-11(9-15)7-14-2/h3-6,11,14H,7-9H2,1-2H3. The van der Waals surface area contributed by atoms with E-state index in [0.29, 0.717) is 5.92 Å². The molecule has 2 rings (SSSR count). The van der Waals surface area contributed by atoms with E-state index in [1.54, 1.807) is 0 Å². The Morgan fingerprint density at radius 3 is 2.88 bits per heavy atom. The molecule has 0 bridgehead atoms. The Morgan fingerprint density at radius 1 is 1.50 bits per heavy atom. The summed E-state index contributed by atoms with van der Waals surface area (Å²) in [5.74, 6) is 0.787. The largest absolute Gasteiger partial charge is 0.338 e. The molecule has 1 fully saturated rings. The quantitative estimate of drug-likeness (QED) is 0.829. The van der Waals surface area contributed by atoms with Crippen LogP contribution < -0.4 is 5.32 Å². The van der Waals surface area contributed by atoms with Crippen molar-refractivity contribution in [3.8, 4) is 0 Å². The van der Waals surface area contributed by atoms with E-state index in [1.807, 2.05) is 43.1 Å². The lowest BCUT2D eigenvalue weighted by Crippen LogP contribution is -2.52. The summed E-state index contributed by atoms with van der Waals surface area (Å²) < 4.78 is 0. The Hall–Kier alpha value is -1.35. The van der Waals surface area contributed by atoms with Crippen molar-refractivity contribution in [3.05, 3.63) is 35.4 Å². The van der Waals surface area contributed by atoms with Gasteiger partial charge in [-0.05, 0) is 26.1 Å². The summed E-state index contributed by atoms with van der Waals surface area (Å²) in [6, 6.07) is 7.79. The number of carbonyl (C=O) groups is 1. The summed E-state index contributed by atoms with van der Waals surface area (Å²) in [6.45, 7) is 4.77. The van der Waals surface area contributed by atoms with Gasteiger partial charge in [-0.15, -0.1) is 0 Å². The highest BCUT2D eigenvalue weighted by atomic mass is 16.2. The molecule has 0 saturated carbocycles. The van der Waals surface area contributed by atoms with E-state index >= 15 is 0 Å². The number of nitrogens with zero attached hydrogens (tertiary/aromatic N) is 1. The second-order valence-corrected chi connectivity index (χ2v) is 4.50. The van der Waals surface area contributed by atoms with Crippen molar-refractivity contribution in [2.24, 2.45) is 5.92 Å². The van der Waals surface area contributed by atoms with E-state index in [2.05, 4.69) is 5.32 Å². The Morgan fingerprint density at radius 2 is 2.25 bits per heavy atom. The van der Waals surface area contributed by atoms with Gasteiger partial charge < -0.3 is 10.2 Å². The fourth-order valence-corrected chi connectivity index (χ4v) is 2.11. The highest BCUT2D eigenvalue weighted by Crippen LogP contribution is 2.18. The van der Waals surface area contributed by atoms with Crippen molar-refractivity contribution < 1.29 is 4.79 Å². The number of hydrogen-bond donors (Lipinski definition) is 1. The summed E-state index contributed by atoms with van der Waals surface area (Å²) in [6.07, 6.45) is 0. The molecule has 3 nitrogen and oxygen atoms in total. The number of aryl methyl sites for hydroxylation is 1. The van der Waals surface area contributed by atoms with E-state index in [0.717, 1.165) is 30.8 Å². The smallest absolute Gasteiger partial charge is 0.253 e. The van der Waals surface area contributed by atoms with Crippen LogP contribution in [0.5, 0.6) is 0 Å². The molecule has 1 heterocycles. The van der Waals surface area contributed by atoms with Crippen molar-refractivity contribution in [1.29, 1.82) is 0 Å². The highest BCUT2D eigenvalue weighted by molar-refractivity contribution is 5.94. The summed E-state index contributed by atoms with van der Waals surface area (Å²) in [5, 5.41) is 3.14. The number of rotatable bonds is 3. The Bertz CT molecular complexity index is 383. The topological polar surface area (TPSA) is 32.3 Å². The van der Waals surface area contributed by atoms with Crippen LogP contribution in [0.1, 0.15) is 15.9 Å². The normalized spacial score (nSPS) is 16.0. The average molecular weight is 218 g/mol. The fraction of sp³-hybridized carbons (Fsp3) is 0.462. The van der Waals surface area contributed by atoms with Crippen LogP contribution in [0.4, 0.5) is 0 Å². The number of nitrogens with one attached hydrogen (secondary N) is 1. The number of amides is 1. The second kappa shape index (κ2) is 4.66. The monoisotopic (exact) mass is 218 g/mol. The third-order valence-corrected chi connectivity index (χ3v) is 3.00. The van der Waals surface area contributed by atoms with Crippen LogP contribution in [-0.4, -0.2) is 37.5 Å². The molecule has 86 valence electrons. The summed E-state index contributed by atoms with van der Waals surface area (Å²) >= 11 is 0. The van der Waals surface area contributed by atoms with E-state index < -0.39 is 0 Å². The summed E-state index contributed by atoms with van der Waals surface area (Å²) in [7, 11) is 1.95. The van der Waals surface area contributed by atoms with Gasteiger partial charge in [0.15, 0.2) is 0 Å². The zero-order valence-corrected chi connectivity index (χ0v) is 9.86. The lowest BCUT2D eigenvalue weighted by molar-refractivity contribution is 0.0504. The van der Waals surface area contributed by atoms with Gasteiger partial charge in [-0.1, -0.05) is 17.7 Å². The summed E-state index contributed by atoms with van der Waals surface area (Å²) in [4.78, 5) is 13.9. The molecule has 1 aliphatic rings. The predicted octanol–water partition coefficient (Wildman–Crippen LogP) is 1.29. The third kappa shape index (κ3) is 2.25. The third-order valence-electron chi connectivity index (χ3n) is 3.00. The van der Waals surface area contributed by atoms with E-state index in [1.165, 1.54) is 0 Å². The van der Waals surface area contributed by atoms with Crippen LogP contribution >= 0.6 is 0 Å². The average Bonchev–Trinajstić information content (AvgIpc) is 2.22. The highest BCUT2D eigenvalue weighted by Gasteiger charge is 2.30.